The van der Waals surface area contributed by atoms with Crippen LogP contribution in [0.1, 0.15) is 56.3 Å². The highest BCUT2D eigenvalue weighted by atomic mass is 16.5. The fourth-order valence-electron chi connectivity index (χ4n) is 3.33. The van der Waals surface area contributed by atoms with Crippen molar-refractivity contribution < 1.29 is 4.52 Å². The molecule has 2 aliphatic heterocycles. The van der Waals surface area contributed by atoms with Gasteiger partial charge in [0, 0.05) is 18.0 Å². The van der Waals surface area contributed by atoms with Crippen LogP contribution in [0, 0.1) is 0 Å². The second kappa shape index (κ2) is 4.63. The minimum atomic E-state index is 0.134. The number of aromatic nitrogens is 2. The number of nitrogens with zero attached hydrogens (tertiary/aromatic N) is 3. The molecule has 0 spiro atoms. The lowest BCUT2D eigenvalue weighted by Gasteiger charge is -2.34. The van der Waals surface area contributed by atoms with E-state index in [1.54, 1.807) is 0 Å². The first-order valence-corrected chi connectivity index (χ1v) is 6.91. The lowest BCUT2D eigenvalue weighted by atomic mass is 9.90. The Hall–Kier alpha value is -0.940. The fraction of sp³-hybridized carbons (Fsp3) is 0.846. The number of hydrogen-bond acceptors (Lipinski definition) is 5. The molecule has 2 bridgehead atoms. The van der Waals surface area contributed by atoms with Gasteiger partial charge >= 0.3 is 0 Å². The average Bonchev–Trinajstić information content (AvgIpc) is 2.92. The van der Waals surface area contributed by atoms with Gasteiger partial charge in [0.15, 0.2) is 5.82 Å². The van der Waals surface area contributed by atoms with Crippen LogP contribution >= 0.6 is 0 Å². The SMILES string of the molecule is CNC(C)c1nc(C2CC3CCC(C2)N3C)no1. The molecule has 0 saturated carbocycles. The van der Waals surface area contributed by atoms with E-state index in [1.165, 1.54) is 25.7 Å². The van der Waals surface area contributed by atoms with Gasteiger partial charge in [-0.2, -0.15) is 4.98 Å². The molecule has 2 saturated heterocycles. The Bertz CT molecular complexity index is 405. The quantitative estimate of drug-likeness (QED) is 0.884. The summed E-state index contributed by atoms with van der Waals surface area (Å²) in [7, 11) is 4.16. The predicted molar refractivity (Wildman–Crippen MR) is 68.3 cm³/mol. The third kappa shape index (κ3) is 1.95. The third-order valence-corrected chi connectivity index (χ3v) is 4.72. The van der Waals surface area contributed by atoms with E-state index < -0.39 is 0 Å². The Morgan fingerprint density at radius 1 is 1.33 bits per heavy atom. The van der Waals surface area contributed by atoms with Gasteiger partial charge in [-0.25, -0.2) is 0 Å². The molecule has 3 heterocycles. The largest absolute Gasteiger partial charge is 0.338 e. The van der Waals surface area contributed by atoms with Gasteiger partial charge < -0.3 is 14.7 Å². The Morgan fingerprint density at radius 3 is 2.61 bits per heavy atom. The molecule has 1 N–H and O–H groups in total. The van der Waals surface area contributed by atoms with Crippen molar-refractivity contribution in [1.82, 2.24) is 20.4 Å². The number of rotatable bonds is 3. The van der Waals surface area contributed by atoms with Crippen molar-refractivity contribution in [2.24, 2.45) is 0 Å². The summed E-state index contributed by atoms with van der Waals surface area (Å²) < 4.78 is 5.35. The van der Waals surface area contributed by atoms with Gasteiger partial charge in [-0.1, -0.05) is 5.16 Å². The molecule has 3 atom stereocenters. The minimum absolute atomic E-state index is 0.134. The molecular formula is C13H22N4O. The smallest absolute Gasteiger partial charge is 0.243 e. The van der Waals surface area contributed by atoms with Gasteiger partial charge in [0.2, 0.25) is 5.89 Å². The van der Waals surface area contributed by atoms with E-state index in [9.17, 15) is 0 Å². The number of nitrogens with one attached hydrogen (secondary N) is 1. The van der Waals surface area contributed by atoms with Gasteiger partial charge in [-0.05, 0) is 46.7 Å². The molecule has 0 aliphatic carbocycles. The van der Waals surface area contributed by atoms with Crippen LogP contribution in [0.4, 0.5) is 0 Å². The second-order valence-corrected chi connectivity index (χ2v) is 5.72. The zero-order chi connectivity index (χ0) is 12.7. The van der Waals surface area contributed by atoms with Crippen molar-refractivity contribution in [2.75, 3.05) is 14.1 Å². The van der Waals surface area contributed by atoms with Gasteiger partial charge in [0.1, 0.15) is 0 Å². The fourth-order valence-corrected chi connectivity index (χ4v) is 3.33. The highest BCUT2D eigenvalue weighted by Gasteiger charge is 2.40. The van der Waals surface area contributed by atoms with Gasteiger partial charge in [0.05, 0.1) is 6.04 Å². The van der Waals surface area contributed by atoms with Crippen LogP contribution in [-0.4, -0.2) is 41.2 Å². The van der Waals surface area contributed by atoms with E-state index in [0.717, 1.165) is 17.9 Å². The summed E-state index contributed by atoms with van der Waals surface area (Å²) in [6.45, 7) is 2.04. The molecule has 3 rings (SSSR count). The number of hydrogen-bond donors (Lipinski definition) is 1. The molecule has 100 valence electrons. The van der Waals surface area contributed by atoms with Crippen LogP contribution in [0.25, 0.3) is 0 Å². The van der Waals surface area contributed by atoms with Crippen molar-refractivity contribution in [3.8, 4) is 0 Å². The zero-order valence-corrected chi connectivity index (χ0v) is 11.4. The number of piperidine rings is 1. The molecule has 1 aromatic heterocycles. The van der Waals surface area contributed by atoms with Crippen LogP contribution in [0.2, 0.25) is 0 Å². The van der Waals surface area contributed by atoms with Gasteiger partial charge in [-0.15, -0.1) is 0 Å². The Morgan fingerprint density at radius 2 is 2.00 bits per heavy atom. The first-order chi connectivity index (χ1) is 8.69. The van der Waals surface area contributed by atoms with Crippen molar-refractivity contribution in [1.29, 1.82) is 0 Å². The van der Waals surface area contributed by atoms with Crippen molar-refractivity contribution in [3.05, 3.63) is 11.7 Å². The number of fused-ring (bicyclic) bond motifs is 2. The monoisotopic (exact) mass is 250 g/mol. The van der Waals surface area contributed by atoms with Crippen molar-refractivity contribution in [3.63, 3.8) is 0 Å². The van der Waals surface area contributed by atoms with Gasteiger partial charge in [0.25, 0.3) is 0 Å². The maximum Gasteiger partial charge on any atom is 0.243 e. The highest BCUT2D eigenvalue weighted by molar-refractivity contribution is 5.06. The molecule has 5 nitrogen and oxygen atoms in total. The lowest BCUT2D eigenvalue weighted by molar-refractivity contribution is 0.157. The Labute approximate surface area is 108 Å². The predicted octanol–water partition coefficient (Wildman–Crippen LogP) is 1.69. The molecule has 0 radical (unpaired) electrons. The summed E-state index contributed by atoms with van der Waals surface area (Å²) in [6.07, 6.45) is 5.02. The Balaban J connectivity index is 1.74. The summed E-state index contributed by atoms with van der Waals surface area (Å²) in [6, 6.07) is 1.57. The molecule has 5 heteroatoms. The average molecular weight is 250 g/mol. The van der Waals surface area contributed by atoms with Crippen LogP contribution in [0.5, 0.6) is 0 Å². The summed E-state index contributed by atoms with van der Waals surface area (Å²) in [5.41, 5.74) is 0. The molecule has 0 aromatic carbocycles. The van der Waals surface area contributed by atoms with Crippen LogP contribution in [-0.2, 0) is 0 Å². The second-order valence-electron chi connectivity index (χ2n) is 5.72. The van der Waals surface area contributed by atoms with Gasteiger partial charge in [-0.3, -0.25) is 0 Å². The zero-order valence-electron chi connectivity index (χ0n) is 11.4. The Kier molecular flexibility index (Phi) is 3.11. The summed E-state index contributed by atoms with van der Waals surface area (Å²) in [5, 5.41) is 7.32. The molecule has 3 unspecified atom stereocenters. The van der Waals surface area contributed by atoms with E-state index in [0.29, 0.717) is 11.8 Å². The first kappa shape index (κ1) is 12.1. The van der Waals surface area contributed by atoms with Crippen LogP contribution < -0.4 is 5.32 Å². The van der Waals surface area contributed by atoms with E-state index in [1.807, 2.05) is 14.0 Å². The molecule has 18 heavy (non-hydrogen) atoms. The molecule has 1 aromatic rings. The van der Waals surface area contributed by atoms with E-state index >= 15 is 0 Å². The standard InChI is InChI=1S/C13H22N4O/c1-8(14-2)13-15-12(16-18-13)9-6-10-4-5-11(7-9)17(10)3/h8-11,14H,4-7H2,1-3H3. The minimum Gasteiger partial charge on any atom is -0.338 e. The molecule has 2 aliphatic rings. The van der Waals surface area contributed by atoms with Crippen LogP contribution in [0.3, 0.4) is 0 Å². The topological polar surface area (TPSA) is 54.2 Å². The van der Waals surface area contributed by atoms with E-state index in [4.69, 9.17) is 4.52 Å². The van der Waals surface area contributed by atoms with Crippen molar-refractivity contribution in [2.45, 2.75) is 56.7 Å². The van der Waals surface area contributed by atoms with Crippen LogP contribution in [0.15, 0.2) is 4.52 Å². The maximum absolute atomic E-state index is 5.35. The summed E-state index contributed by atoms with van der Waals surface area (Å²) >= 11 is 0. The lowest BCUT2D eigenvalue weighted by Crippen LogP contribution is -2.39. The first-order valence-electron chi connectivity index (χ1n) is 6.91. The van der Waals surface area contributed by atoms with E-state index in [-0.39, 0.29) is 6.04 Å². The van der Waals surface area contributed by atoms with E-state index in [2.05, 4.69) is 27.4 Å². The summed E-state index contributed by atoms with van der Waals surface area (Å²) in [5.74, 6) is 2.11. The summed E-state index contributed by atoms with van der Waals surface area (Å²) in [4.78, 5) is 7.10. The maximum atomic E-state index is 5.35. The highest BCUT2D eigenvalue weighted by Crippen LogP contribution is 2.41. The molecular weight excluding hydrogens is 228 g/mol. The molecule has 0 amide bonds. The van der Waals surface area contributed by atoms with Crippen molar-refractivity contribution >= 4 is 0 Å². The molecule has 2 fully saturated rings. The normalized spacial score (nSPS) is 33.8. The third-order valence-electron chi connectivity index (χ3n) is 4.72.